The largest absolute Gasteiger partial charge is 0.312 e. The summed E-state index contributed by atoms with van der Waals surface area (Å²) in [7, 11) is 1.98. The van der Waals surface area contributed by atoms with Gasteiger partial charge in [0.15, 0.2) is 0 Å². The van der Waals surface area contributed by atoms with E-state index in [1.165, 1.54) is 4.88 Å². The third kappa shape index (κ3) is 3.04. The highest BCUT2D eigenvalue weighted by Gasteiger charge is 2.16. The lowest BCUT2D eigenvalue weighted by molar-refractivity contribution is 0.449. The monoisotopic (exact) mass is 277 g/mol. The van der Waals surface area contributed by atoms with Gasteiger partial charge in [0.2, 0.25) is 0 Å². The minimum atomic E-state index is -0.138. The van der Waals surface area contributed by atoms with Crippen LogP contribution in [0.3, 0.4) is 0 Å². The van der Waals surface area contributed by atoms with E-state index < -0.39 is 0 Å². The standard InChI is InChI=1S/C16H20FNS/c1-10(2)16(18-4)15-8-7-14(19-15)12-6-5-11(3)13(17)9-12/h5-10,16,18H,1-4H3. The van der Waals surface area contributed by atoms with Crippen molar-refractivity contribution in [1.29, 1.82) is 0 Å². The van der Waals surface area contributed by atoms with Gasteiger partial charge in [-0.05, 0) is 49.2 Å². The van der Waals surface area contributed by atoms with E-state index in [-0.39, 0.29) is 5.82 Å². The van der Waals surface area contributed by atoms with Gasteiger partial charge in [0.25, 0.3) is 0 Å². The van der Waals surface area contributed by atoms with Crippen molar-refractivity contribution in [2.24, 2.45) is 5.92 Å². The lowest BCUT2D eigenvalue weighted by Gasteiger charge is -2.18. The molecular formula is C16H20FNS. The van der Waals surface area contributed by atoms with E-state index in [9.17, 15) is 4.39 Å². The van der Waals surface area contributed by atoms with Crippen molar-refractivity contribution in [3.05, 3.63) is 46.6 Å². The Morgan fingerprint density at radius 3 is 2.47 bits per heavy atom. The van der Waals surface area contributed by atoms with E-state index in [2.05, 4.69) is 31.3 Å². The van der Waals surface area contributed by atoms with Crippen molar-refractivity contribution in [2.45, 2.75) is 26.8 Å². The predicted molar refractivity (Wildman–Crippen MR) is 81.1 cm³/mol. The number of hydrogen-bond donors (Lipinski definition) is 1. The second-order valence-corrected chi connectivity index (χ2v) is 6.29. The number of nitrogens with one attached hydrogen (secondary N) is 1. The molecule has 2 aromatic rings. The molecule has 1 nitrogen and oxygen atoms in total. The number of hydrogen-bond acceptors (Lipinski definition) is 2. The van der Waals surface area contributed by atoms with Crippen LogP contribution in [0.15, 0.2) is 30.3 Å². The van der Waals surface area contributed by atoms with Gasteiger partial charge in [0.1, 0.15) is 5.82 Å². The second-order valence-electron chi connectivity index (χ2n) is 5.18. The van der Waals surface area contributed by atoms with E-state index in [0.717, 1.165) is 10.4 Å². The van der Waals surface area contributed by atoms with Gasteiger partial charge in [0.05, 0.1) is 0 Å². The fourth-order valence-corrected chi connectivity index (χ4v) is 3.51. The van der Waals surface area contributed by atoms with Gasteiger partial charge in [-0.1, -0.05) is 26.0 Å². The molecule has 0 aliphatic heterocycles. The Kier molecular flexibility index (Phi) is 4.38. The molecule has 1 N–H and O–H groups in total. The first-order chi connectivity index (χ1) is 9.02. The maximum absolute atomic E-state index is 13.6. The Hall–Kier alpha value is -1.19. The van der Waals surface area contributed by atoms with E-state index in [4.69, 9.17) is 0 Å². The van der Waals surface area contributed by atoms with E-state index in [1.54, 1.807) is 24.3 Å². The molecule has 0 amide bonds. The van der Waals surface area contributed by atoms with Crippen molar-refractivity contribution >= 4 is 11.3 Å². The molecule has 1 aromatic carbocycles. The summed E-state index contributed by atoms with van der Waals surface area (Å²) in [4.78, 5) is 2.42. The van der Waals surface area contributed by atoms with Crippen LogP contribution in [0.2, 0.25) is 0 Å². The maximum atomic E-state index is 13.6. The number of rotatable bonds is 4. The number of halogens is 1. The van der Waals surface area contributed by atoms with Crippen LogP contribution in [0.25, 0.3) is 10.4 Å². The van der Waals surface area contributed by atoms with Gasteiger partial charge in [-0.15, -0.1) is 11.3 Å². The molecule has 0 bridgehead atoms. The summed E-state index contributed by atoms with van der Waals surface area (Å²) in [6, 6.07) is 10.0. The molecule has 0 aliphatic carbocycles. The zero-order valence-electron chi connectivity index (χ0n) is 11.8. The van der Waals surface area contributed by atoms with Crippen molar-refractivity contribution in [2.75, 3.05) is 7.05 Å². The molecule has 1 atom stereocenters. The molecule has 0 saturated carbocycles. The minimum absolute atomic E-state index is 0.138. The van der Waals surface area contributed by atoms with Gasteiger partial charge in [-0.3, -0.25) is 0 Å². The second kappa shape index (κ2) is 5.85. The summed E-state index contributed by atoms with van der Waals surface area (Å²) in [6.07, 6.45) is 0. The van der Waals surface area contributed by atoms with E-state index in [0.29, 0.717) is 17.5 Å². The lowest BCUT2D eigenvalue weighted by atomic mass is 10.0. The van der Waals surface area contributed by atoms with Crippen molar-refractivity contribution in [1.82, 2.24) is 5.32 Å². The van der Waals surface area contributed by atoms with Crippen LogP contribution in [-0.2, 0) is 0 Å². The Bertz CT molecular complexity index is 560. The zero-order valence-corrected chi connectivity index (χ0v) is 12.6. The van der Waals surface area contributed by atoms with Gasteiger partial charge < -0.3 is 5.32 Å². The first-order valence-electron chi connectivity index (χ1n) is 6.56. The third-order valence-corrected chi connectivity index (χ3v) is 4.58. The van der Waals surface area contributed by atoms with Crippen LogP contribution in [0.1, 0.15) is 30.3 Å². The Balaban J connectivity index is 2.32. The van der Waals surface area contributed by atoms with Gasteiger partial charge in [-0.2, -0.15) is 0 Å². The number of benzene rings is 1. The number of aryl methyl sites for hydroxylation is 1. The summed E-state index contributed by atoms with van der Waals surface area (Å²) >= 11 is 1.73. The molecule has 19 heavy (non-hydrogen) atoms. The van der Waals surface area contributed by atoms with Gasteiger partial charge >= 0.3 is 0 Å². The smallest absolute Gasteiger partial charge is 0.126 e. The van der Waals surface area contributed by atoms with Crippen LogP contribution < -0.4 is 5.32 Å². The van der Waals surface area contributed by atoms with Crippen molar-refractivity contribution in [3.63, 3.8) is 0 Å². The minimum Gasteiger partial charge on any atom is -0.312 e. The molecule has 102 valence electrons. The Morgan fingerprint density at radius 1 is 1.16 bits per heavy atom. The molecule has 1 unspecified atom stereocenters. The summed E-state index contributed by atoms with van der Waals surface area (Å²) < 4.78 is 13.6. The Labute approximate surface area is 118 Å². The Morgan fingerprint density at radius 2 is 1.89 bits per heavy atom. The first kappa shape index (κ1) is 14.2. The molecule has 1 heterocycles. The number of thiophene rings is 1. The van der Waals surface area contributed by atoms with E-state index in [1.807, 2.05) is 19.2 Å². The van der Waals surface area contributed by atoms with Crippen LogP contribution in [0, 0.1) is 18.7 Å². The van der Waals surface area contributed by atoms with Gasteiger partial charge in [-0.25, -0.2) is 4.39 Å². The summed E-state index contributed by atoms with van der Waals surface area (Å²) in [5.41, 5.74) is 1.65. The first-order valence-corrected chi connectivity index (χ1v) is 7.38. The maximum Gasteiger partial charge on any atom is 0.126 e. The van der Waals surface area contributed by atoms with Crippen LogP contribution in [-0.4, -0.2) is 7.05 Å². The van der Waals surface area contributed by atoms with Crippen LogP contribution in [0.5, 0.6) is 0 Å². The topological polar surface area (TPSA) is 12.0 Å². The van der Waals surface area contributed by atoms with Crippen LogP contribution in [0.4, 0.5) is 4.39 Å². The molecule has 1 aromatic heterocycles. The summed E-state index contributed by atoms with van der Waals surface area (Å²) in [5, 5.41) is 3.34. The van der Waals surface area contributed by atoms with Crippen molar-refractivity contribution < 1.29 is 4.39 Å². The zero-order chi connectivity index (χ0) is 14.0. The SMILES string of the molecule is CNC(c1ccc(-c2ccc(C)c(F)c2)s1)C(C)C. The van der Waals surface area contributed by atoms with Crippen molar-refractivity contribution in [3.8, 4) is 10.4 Å². The quantitative estimate of drug-likeness (QED) is 0.848. The predicted octanol–water partition coefficient (Wildman–Crippen LogP) is 4.78. The summed E-state index contributed by atoms with van der Waals surface area (Å²) in [6.45, 7) is 6.19. The molecular weight excluding hydrogens is 257 g/mol. The molecule has 0 aliphatic rings. The lowest BCUT2D eigenvalue weighted by Crippen LogP contribution is -2.20. The fraction of sp³-hybridized carbons (Fsp3) is 0.375. The molecule has 2 rings (SSSR count). The van der Waals surface area contributed by atoms with Gasteiger partial charge in [0, 0.05) is 15.8 Å². The normalized spacial score (nSPS) is 12.9. The summed E-state index contributed by atoms with van der Waals surface area (Å²) in [5.74, 6) is 0.396. The molecule has 0 fully saturated rings. The average molecular weight is 277 g/mol. The molecule has 0 radical (unpaired) electrons. The molecule has 0 saturated heterocycles. The average Bonchev–Trinajstić information content (AvgIpc) is 2.82. The van der Waals surface area contributed by atoms with E-state index >= 15 is 0 Å². The third-order valence-electron chi connectivity index (χ3n) is 3.37. The highest BCUT2D eigenvalue weighted by Crippen LogP contribution is 2.34. The fourth-order valence-electron chi connectivity index (χ4n) is 2.23. The van der Waals surface area contributed by atoms with Crippen LogP contribution >= 0.6 is 11.3 Å². The highest BCUT2D eigenvalue weighted by atomic mass is 32.1. The molecule has 0 spiro atoms. The molecule has 3 heteroatoms. The highest BCUT2D eigenvalue weighted by molar-refractivity contribution is 7.15.